The van der Waals surface area contributed by atoms with Crippen LogP contribution >= 0.6 is 0 Å². The third kappa shape index (κ3) is 2.48. The van der Waals surface area contributed by atoms with Crippen molar-refractivity contribution in [3.05, 3.63) is 17.0 Å². The molecule has 2 saturated heterocycles. The first kappa shape index (κ1) is 13.9. The zero-order valence-electron chi connectivity index (χ0n) is 12.4. The lowest BCUT2D eigenvalue weighted by atomic mass is 10.0. The predicted octanol–water partition coefficient (Wildman–Crippen LogP) is 0.980. The van der Waals surface area contributed by atoms with Crippen molar-refractivity contribution in [2.45, 2.75) is 32.7 Å². The molecule has 0 aliphatic carbocycles. The van der Waals surface area contributed by atoms with Gasteiger partial charge in [0.15, 0.2) is 0 Å². The molecule has 3 rings (SSSR count). The van der Waals surface area contributed by atoms with Crippen molar-refractivity contribution < 1.29 is 14.1 Å². The average molecular weight is 292 g/mol. The van der Waals surface area contributed by atoms with Gasteiger partial charge >= 0.3 is 6.03 Å². The van der Waals surface area contributed by atoms with Crippen LogP contribution in [0.2, 0.25) is 0 Å². The lowest BCUT2D eigenvalue weighted by Crippen LogP contribution is -2.41. The lowest BCUT2D eigenvalue weighted by molar-refractivity contribution is -0.132. The summed E-state index contributed by atoms with van der Waals surface area (Å²) in [7, 11) is 0. The number of hydrogen-bond donors (Lipinski definition) is 1. The lowest BCUT2D eigenvalue weighted by Gasteiger charge is -2.26. The fourth-order valence-corrected chi connectivity index (χ4v) is 3.25. The van der Waals surface area contributed by atoms with E-state index in [-0.39, 0.29) is 24.5 Å². The van der Waals surface area contributed by atoms with E-state index in [0.29, 0.717) is 13.1 Å². The number of aryl methyl sites for hydroxylation is 2. The highest BCUT2D eigenvalue weighted by molar-refractivity contribution is 5.85. The summed E-state index contributed by atoms with van der Waals surface area (Å²) in [6, 6.07) is -0.133. The molecule has 114 valence electrons. The highest BCUT2D eigenvalue weighted by atomic mass is 16.5. The summed E-state index contributed by atoms with van der Waals surface area (Å²) < 4.78 is 5.22. The second-order valence-corrected chi connectivity index (χ2v) is 5.64. The molecule has 3 amide bonds. The second kappa shape index (κ2) is 5.38. The van der Waals surface area contributed by atoms with Crippen molar-refractivity contribution >= 4 is 11.9 Å². The van der Waals surface area contributed by atoms with Crippen molar-refractivity contribution in [3.63, 3.8) is 0 Å². The molecule has 1 unspecified atom stereocenters. The van der Waals surface area contributed by atoms with Crippen LogP contribution in [0.1, 0.15) is 35.9 Å². The van der Waals surface area contributed by atoms with Crippen LogP contribution in [0.25, 0.3) is 0 Å². The molecular weight excluding hydrogens is 272 g/mol. The zero-order chi connectivity index (χ0) is 15.0. The fraction of sp³-hybridized carbons (Fsp3) is 0.643. The van der Waals surface area contributed by atoms with Crippen LogP contribution in [0.3, 0.4) is 0 Å². The van der Waals surface area contributed by atoms with Crippen LogP contribution in [0, 0.1) is 13.8 Å². The molecule has 2 aliphatic heterocycles. The maximum absolute atomic E-state index is 12.5. The summed E-state index contributed by atoms with van der Waals surface area (Å²) in [6.45, 7) is 5.85. The van der Waals surface area contributed by atoms with Gasteiger partial charge in [-0.1, -0.05) is 5.16 Å². The van der Waals surface area contributed by atoms with Gasteiger partial charge in [0.1, 0.15) is 12.3 Å². The molecule has 7 nitrogen and oxygen atoms in total. The molecule has 0 bridgehead atoms. The third-order valence-corrected chi connectivity index (χ3v) is 4.27. The van der Waals surface area contributed by atoms with Crippen molar-refractivity contribution in [1.82, 2.24) is 20.3 Å². The second-order valence-electron chi connectivity index (χ2n) is 5.64. The predicted molar refractivity (Wildman–Crippen MR) is 74.6 cm³/mol. The van der Waals surface area contributed by atoms with E-state index in [0.717, 1.165) is 36.4 Å². The first-order valence-corrected chi connectivity index (χ1v) is 7.33. The van der Waals surface area contributed by atoms with Crippen molar-refractivity contribution in [3.8, 4) is 0 Å². The molecule has 1 atom stereocenters. The number of hydrogen-bond acceptors (Lipinski definition) is 4. The summed E-state index contributed by atoms with van der Waals surface area (Å²) >= 11 is 0. The summed E-state index contributed by atoms with van der Waals surface area (Å²) in [4.78, 5) is 27.5. The summed E-state index contributed by atoms with van der Waals surface area (Å²) in [5.74, 6) is 0.769. The van der Waals surface area contributed by atoms with E-state index in [1.54, 1.807) is 4.90 Å². The standard InChI is InChI=1S/C14H20N4O3/c1-9-13(10(2)21-16-9)11-4-3-6-18(11)12(19)8-17-7-5-15-14(17)20/h11H,3-8H2,1-2H3,(H,15,20). The molecule has 0 saturated carbocycles. The molecule has 21 heavy (non-hydrogen) atoms. The Balaban J connectivity index is 1.75. The molecular formula is C14H20N4O3. The van der Waals surface area contributed by atoms with Gasteiger partial charge in [0.25, 0.3) is 0 Å². The van der Waals surface area contributed by atoms with Crippen LogP contribution in [0.15, 0.2) is 4.52 Å². The summed E-state index contributed by atoms with van der Waals surface area (Å²) in [6.07, 6.45) is 1.88. The van der Waals surface area contributed by atoms with Gasteiger partial charge in [-0.05, 0) is 26.7 Å². The minimum Gasteiger partial charge on any atom is -0.361 e. The number of nitrogens with zero attached hydrogens (tertiary/aromatic N) is 3. The number of aromatic nitrogens is 1. The first-order chi connectivity index (χ1) is 10.1. The van der Waals surface area contributed by atoms with Crippen LogP contribution in [-0.4, -0.2) is 53.1 Å². The Labute approximate surface area is 123 Å². The Hall–Kier alpha value is -2.05. The number of carbonyl (C=O) groups is 2. The Morgan fingerprint density at radius 3 is 2.86 bits per heavy atom. The first-order valence-electron chi connectivity index (χ1n) is 7.33. The number of rotatable bonds is 3. The number of amides is 3. The Kier molecular flexibility index (Phi) is 3.57. The highest BCUT2D eigenvalue weighted by Gasteiger charge is 2.35. The van der Waals surface area contributed by atoms with Crippen molar-refractivity contribution in [2.75, 3.05) is 26.2 Å². The molecule has 1 N–H and O–H groups in total. The van der Waals surface area contributed by atoms with Crippen LogP contribution in [-0.2, 0) is 4.79 Å². The van der Waals surface area contributed by atoms with E-state index in [9.17, 15) is 9.59 Å². The van der Waals surface area contributed by atoms with Gasteiger partial charge in [-0.2, -0.15) is 0 Å². The number of likely N-dealkylation sites (tertiary alicyclic amines) is 1. The van der Waals surface area contributed by atoms with E-state index < -0.39 is 0 Å². The molecule has 0 aromatic carbocycles. The Morgan fingerprint density at radius 2 is 2.24 bits per heavy atom. The number of nitrogens with one attached hydrogen (secondary N) is 1. The fourth-order valence-electron chi connectivity index (χ4n) is 3.25. The van der Waals surface area contributed by atoms with E-state index in [4.69, 9.17) is 4.52 Å². The largest absolute Gasteiger partial charge is 0.361 e. The van der Waals surface area contributed by atoms with Gasteiger partial charge < -0.3 is 19.6 Å². The van der Waals surface area contributed by atoms with Gasteiger partial charge in [0.2, 0.25) is 5.91 Å². The van der Waals surface area contributed by atoms with E-state index in [1.807, 2.05) is 18.7 Å². The SMILES string of the molecule is Cc1noc(C)c1C1CCCN1C(=O)CN1CCNC1=O. The monoisotopic (exact) mass is 292 g/mol. The van der Waals surface area contributed by atoms with Crippen LogP contribution in [0.5, 0.6) is 0 Å². The number of carbonyl (C=O) groups excluding carboxylic acids is 2. The van der Waals surface area contributed by atoms with E-state index in [2.05, 4.69) is 10.5 Å². The smallest absolute Gasteiger partial charge is 0.317 e. The molecule has 7 heteroatoms. The third-order valence-electron chi connectivity index (χ3n) is 4.27. The highest BCUT2D eigenvalue weighted by Crippen LogP contribution is 2.35. The van der Waals surface area contributed by atoms with E-state index in [1.165, 1.54) is 0 Å². The average Bonchev–Trinajstić information content (AvgIpc) is 3.13. The molecule has 3 heterocycles. The maximum Gasteiger partial charge on any atom is 0.317 e. The van der Waals surface area contributed by atoms with E-state index >= 15 is 0 Å². The van der Waals surface area contributed by atoms with Gasteiger partial charge in [0, 0.05) is 25.2 Å². The molecule has 1 aromatic rings. The molecule has 2 fully saturated rings. The zero-order valence-corrected chi connectivity index (χ0v) is 12.4. The van der Waals surface area contributed by atoms with Crippen molar-refractivity contribution in [1.29, 1.82) is 0 Å². The number of urea groups is 1. The molecule has 1 aromatic heterocycles. The normalized spacial score (nSPS) is 22.0. The van der Waals surface area contributed by atoms with Crippen LogP contribution < -0.4 is 5.32 Å². The Bertz CT molecular complexity index is 549. The van der Waals surface area contributed by atoms with Gasteiger partial charge in [-0.25, -0.2) is 4.79 Å². The minimum absolute atomic E-state index is 0.00505. The molecule has 0 spiro atoms. The van der Waals surface area contributed by atoms with Gasteiger partial charge in [0.05, 0.1) is 11.7 Å². The van der Waals surface area contributed by atoms with Gasteiger partial charge in [-0.15, -0.1) is 0 Å². The quantitative estimate of drug-likeness (QED) is 0.900. The van der Waals surface area contributed by atoms with Gasteiger partial charge in [-0.3, -0.25) is 4.79 Å². The van der Waals surface area contributed by atoms with Crippen molar-refractivity contribution in [2.24, 2.45) is 0 Å². The Morgan fingerprint density at radius 1 is 1.43 bits per heavy atom. The molecule has 0 radical (unpaired) electrons. The summed E-state index contributed by atoms with van der Waals surface area (Å²) in [5.41, 5.74) is 1.86. The maximum atomic E-state index is 12.5. The van der Waals surface area contributed by atoms with Crippen LogP contribution in [0.4, 0.5) is 4.79 Å². The molecule has 2 aliphatic rings. The minimum atomic E-state index is -0.156. The summed E-state index contributed by atoms with van der Waals surface area (Å²) in [5, 5.41) is 6.70. The topological polar surface area (TPSA) is 78.7 Å².